The SMILES string of the molecule is CCCN1C(=O)/C(=C/c2ccc(OC(=O)/C=C/c3ccc(OC)cc3)cc2)SC1=S. The summed E-state index contributed by atoms with van der Waals surface area (Å²) >= 11 is 6.58. The zero-order valence-electron chi connectivity index (χ0n) is 16.7. The Morgan fingerprint density at radius 3 is 2.33 bits per heavy atom. The van der Waals surface area contributed by atoms with Crippen LogP contribution in [0.3, 0.4) is 0 Å². The van der Waals surface area contributed by atoms with Crippen LogP contribution >= 0.6 is 24.0 Å². The highest BCUT2D eigenvalue weighted by Crippen LogP contribution is 2.32. The normalized spacial score (nSPS) is 15.3. The van der Waals surface area contributed by atoms with Crippen LogP contribution in [0.15, 0.2) is 59.5 Å². The molecule has 2 aromatic carbocycles. The Morgan fingerprint density at radius 2 is 1.70 bits per heavy atom. The van der Waals surface area contributed by atoms with E-state index in [9.17, 15) is 9.59 Å². The Bertz CT molecular complexity index is 995. The molecule has 7 heteroatoms. The molecule has 0 unspecified atom stereocenters. The smallest absolute Gasteiger partial charge is 0.336 e. The highest BCUT2D eigenvalue weighted by Gasteiger charge is 2.31. The Hall–Kier alpha value is -2.90. The molecule has 1 aliphatic heterocycles. The molecule has 1 saturated heterocycles. The molecule has 0 radical (unpaired) electrons. The van der Waals surface area contributed by atoms with Gasteiger partial charge in [-0.3, -0.25) is 9.69 Å². The maximum Gasteiger partial charge on any atom is 0.336 e. The number of nitrogens with zero attached hydrogens (tertiary/aromatic N) is 1. The third kappa shape index (κ3) is 5.58. The fourth-order valence-corrected chi connectivity index (χ4v) is 4.04. The molecule has 1 heterocycles. The summed E-state index contributed by atoms with van der Waals surface area (Å²) in [6.07, 6.45) is 5.69. The summed E-state index contributed by atoms with van der Waals surface area (Å²) in [6.45, 7) is 2.63. The van der Waals surface area contributed by atoms with Crippen LogP contribution in [0.4, 0.5) is 0 Å². The first kappa shape index (κ1) is 21.8. The fourth-order valence-electron chi connectivity index (χ4n) is 2.73. The van der Waals surface area contributed by atoms with Crippen LogP contribution in [0, 0.1) is 0 Å². The molecule has 0 aromatic heterocycles. The van der Waals surface area contributed by atoms with Gasteiger partial charge in [0.1, 0.15) is 15.8 Å². The molecular formula is C23H21NO4S2. The number of hydrogen-bond acceptors (Lipinski definition) is 6. The van der Waals surface area contributed by atoms with Gasteiger partial charge in [0.05, 0.1) is 12.0 Å². The Labute approximate surface area is 185 Å². The van der Waals surface area contributed by atoms with Gasteiger partial charge in [0.2, 0.25) is 0 Å². The molecule has 3 rings (SSSR count). The number of thiocarbonyl (C=S) groups is 1. The van der Waals surface area contributed by atoms with E-state index in [1.807, 2.05) is 31.2 Å². The number of carbonyl (C=O) groups excluding carboxylic acids is 2. The zero-order chi connectivity index (χ0) is 21.5. The van der Waals surface area contributed by atoms with Crippen molar-refractivity contribution in [2.75, 3.05) is 13.7 Å². The van der Waals surface area contributed by atoms with Gasteiger partial charge in [0, 0.05) is 12.6 Å². The summed E-state index contributed by atoms with van der Waals surface area (Å²) in [4.78, 5) is 26.7. The number of esters is 1. The lowest BCUT2D eigenvalue weighted by Gasteiger charge is -2.11. The maximum absolute atomic E-state index is 12.4. The molecule has 1 amide bonds. The van der Waals surface area contributed by atoms with Crippen molar-refractivity contribution in [3.63, 3.8) is 0 Å². The maximum atomic E-state index is 12.4. The van der Waals surface area contributed by atoms with Gasteiger partial charge in [-0.15, -0.1) is 0 Å². The molecule has 0 N–H and O–H groups in total. The first-order valence-corrected chi connectivity index (χ1v) is 10.6. The van der Waals surface area contributed by atoms with E-state index >= 15 is 0 Å². The van der Waals surface area contributed by atoms with Gasteiger partial charge in [-0.05, 0) is 54.0 Å². The third-order valence-corrected chi connectivity index (χ3v) is 5.62. The minimum absolute atomic E-state index is 0.0639. The second kappa shape index (κ2) is 10.2. The first-order chi connectivity index (χ1) is 14.5. The molecule has 154 valence electrons. The predicted octanol–water partition coefficient (Wildman–Crippen LogP) is 4.93. The largest absolute Gasteiger partial charge is 0.497 e. The molecule has 2 aromatic rings. The number of amides is 1. The van der Waals surface area contributed by atoms with Crippen molar-refractivity contribution in [1.29, 1.82) is 0 Å². The summed E-state index contributed by atoms with van der Waals surface area (Å²) < 4.78 is 11.0. The molecule has 0 aliphatic carbocycles. The molecule has 30 heavy (non-hydrogen) atoms. The van der Waals surface area contributed by atoms with E-state index in [2.05, 4.69) is 0 Å². The number of hydrogen-bond donors (Lipinski definition) is 0. The van der Waals surface area contributed by atoms with E-state index < -0.39 is 5.97 Å². The number of thioether (sulfide) groups is 1. The number of benzene rings is 2. The molecule has 0 bridgehead atoms. The molecule has 0 spiro atoms. The monoisotopic (exact) mass is 439 g/mol. The summed E-state index contributed by atoms with van der Waals surface area (Å²) in [7, 11) is 1.60. The van der Waals surface area contributed by atoms with Crippen LogP contribution in [0.2, 0.25) is 0 Å². The van der Waals surface area contributed by atoms with E-state index in [0.717, 1.165) is 23.3 Å². The summed E-state index contributed by atoms with van der Waals surface area (Å²) in [5.41, 5.74) is 1.70. The molecular weight excluding hydrogens is 418 g/mol. The number of rotatable bonds is 7. The minimum atomic E-state index is -0.473. The van der Waals surface area contributed by atoms with Crippen LogP contribution in [-0.2, 0) is 9.59 Å². The van der Waals surface area contributed by atoms with Crippen molar-refractivity contribution in [3.8, 4) is 11.5 Å². The number of carbonyl (C=O) groups is 2. The van der Waals surface area contributed by atoms with E-state index in [4.69, 9.17) is 21.7 Å². The second-order valence-electron chi connectivity index (χ2n) is 6.43. The van der Waals surface area contributed by atoms with E-state index in [0.29, 0.717) is 21.5 Å². The Balaban J connectivity index is 1.60. The van der Waals surface area contributed by atoms with Crippen molar-refractivity contribution in [2.45, 2.75) is 13.3 Å². The number of methoxy groups -OCH3 is 1. The average molecular weight is 440 g/mol. The van der Waals surface area contributed by atoms with Crippen LogP contribution in [0.25, 0.3) is 12.2 Å². The lowest BCUT2D eigenvalue weighted by atomic mass is 10.2. The topological polar surface area (TPSA) is 55.8 Å². The van der Waals surface area contributed by atoms with Gasteiger partial charge in [0.25, 0.3) is 5.91 Å². The van der Waals surface area contributed by atoms with Crippen molar-refractivity contribution in [2.24, 2.45) is 0 Å². The van der Waals surface area contributed by atoms with E-state index in [1.165, 1.54) is 17.8 Å². The van der Waals surface area contributed by atoms with E-state index in [-0.39, 0.29) is 5.91 Å². The fraction of sp³-hybridized carbons (Fsp3) is 0.174. The van der Waals surface area contributed by atoms with Gasteiger partial charge >= 0.3 is 5.97 Å². The standard InChI is InChI=1S/C23H21NO4S2/c1-3-14-24-22(26)20(30-23(24)29)15-17-6-11-19(12-7-17)28-21(25)13-8-16-4-9-18(27-2)10-5-16/h4-13,15H,3,14H2,1-2H3/b13-8+,20-15-. The van der Waals surface area contributed by atoms with Crippen LogP contribution in [-0.4, -0.2) is 34.8 Å². The van der Waals surface area contributed by atoms with Crippen molar-refractivity contribution < 1.29 is 19.1 Å². The first-order valence-electron chi connectivity index (χ1n) is 9.39. The molecule has 0 atom stereocenters. The summed E-state index contributed by atoms with van der Waals surface area (Å²) in [5, 5.41) is 0. The van der Waals surface area contributed by atoms with Gasteiger partial charge < -0.3 is 9.47 Å². The molecule has 0 saturated carbocycles. The lowest BCUT2D eigenvalue weighted by molar-refractivity contribution is -0.129. The quantitative estimate of drug-likeness (QED) is 0.264. The zero-order valence-corrected chi connectivity index (χ0v) is 18.3. The lowest BCUT2D eigenvalue weighted by Crippen LogP contribution is -2.28. The molecule has 1 fully saturated rings. The second-order valence-corrected chi connectivity index (χ2v) is 8.11. The van der Waals surface area contributed by atoms with Gasteiger partial charge in [-0.2, -0.15) is 0 Å². The summed E-state index contributed by atoms with van der Waals surface area (Å²) in [5.74, 6) is 0.641. The Morgan fingerprint density at radius 1 is 1.07 bits per heavy atom. The molecule has 5 nitrogen and oxygen atoms in total. The van der Waals surface area contributed by atoms with Crippen molar-refractivity contribution in [1.82, 2.24) is 4.90 Å². The third-order valence-electron chi connectivity index (χ3n) is 4.24. The Kier molecular flexibility index (Phi) is 7.43. The van der Waals surface area contributed by atoms with Gasteiger partial charge in [0.15, 0.2) is 0 Å². The van der Waals surface area contributed by atoms with Crippen molar-refractivity contribution >= 4 is 52.3 Å². The number of ether oxygens (including phenoxy) is 2. The van der Waals surface area contributed by atoms with Gasteiger partial charge in [-0.1, -0.05) is 55.2 Å². The van der Waals surface area contributed by atoms with Crippen LogP contribution < -0.4 is 9.47 Å². The van der Waals surface area contributed by atoms with Crippen LogP contribution in [0.1, 0.15) is 24.5 Å². The highest BCUT2D eigenvalue weighted by atomic mass is 32.2. The highest BCUT2D eigenvalue weighted by molar-refractivity contribution is 8.26. The van der Waals surface area contributed by atoms with Crippen molar-refractivity contribution in [3.05, 3.63) is 70.6 Å². The van der Waals surface area contributed by atoms with Crippen LogP contribution in [0.5, 0.6) is 11.5 Å². The predicted molar refractivity (Wildman–Crippen MR) is 124 cm³/mol. The average Bonchev–Trinajstić information content (AvgIpc) is 3.01. The molecule has 1 aliphatic rings. The summed E-state index contributed by atoms with van der Waals surface area (Å²) in [6, 6.07) is 14.3. The minimum Gasteiger partial charge on any atom is -0.497 e. The van der Waals surface area contributed by atoms with E-state index in [1.54, 1.807) is 48.4 Å². The van der Waals surface area contributed by atoms with Gasteiger partial charge in [-0.25, -0.2) is 4.79 Å².